The summed E-state index contributed by atoms with van der Waals surface area (Å²) in [6, 6.07) is 7.33. The normalized spacial score (nSPS) is 18.3. The molecule has 0 aromatic heterocycles. The number of carbonyl (C=O) groups is 1. The van der Waals surface area contributed by atoms with E-state index in [0.29, 0.717) is 5.56 Å². The molecule has 0 saturated carbocycles. The summed E-state index contributed by atoms with van der Waals surface area (Å²) in [6.07, 6.45) is 7.90. The minimum atomic E-state index is -0.841. The fourth-order valence-electron chi connectivity index (χ4n) is 2.71. The van der Waals surface area contributed by atoms with Gasteiger partial charge in [0.25, 0.3) is 0 Å². The number of hydrogen-bond donors (Lipinski definition) is 1. The van der Waals surface area contributed by atoms with Crippen LogP contribution in [0.2, 0.25) is 0 Å². The van der Waals surface area contributed by atoms with E-state index in [-0.39, 0.29) is 0 Å². The molecule has 1 aliphatic rings. The molecule has 0 bridgehead atoms. The fourth-order valence-corrected chi connectivity index (χ4v) is 2.71. The first-order chi connectivity index (χ1) is 9.25. The van der Waals surface area contributed by atoms with Gasteiger partial charge < -0.3 is 5.11 Å². The van der Waals surface area contributed by atoms with Crippen molar-refractivity contribution in [3.05, 3.63) is 35.4 Å². The Morgan fingerprint density at radius 3 is 2.32 bits per heavy atom. The van der Waals surface area contributed by atoms with Crippen molar-refractivity contribution in [2.75, 3.05) is 13.1 Å². The summed E-state index contributed by atoms with van der Waals surface area (Å²) in [6.45, 7) is 3.15. The predicted octanol–water partition coefficient (Wildman–Crippen LogP) is 3.54. The molecule has 0 aliphatic carbocycles. The Morgan fingerprint density at radius 1 is 1.05 bits per heavy atom. The maximum absolute atomic E-state index is 11.0. The lowest BCUT2D eigenvalue weighted by Crippen LogP contribution is -2.25. The van der Waals surface area contributed by atoms with Crippen molar-refractivity contribution in [3.63, 3.8) is 0 Å². The molecule has 3 heteroatoms. The van der Waals surface area contributed by atoms with Crippen LogP contribution in [0.15, 0.2) is 24.3 Å². The first-order valence-corrected chi connectivity index (χ1v) is 7.30. The van der Waals surface area contributed by atoms with Gasteiger partial charge in [-0.2, -0.15) is 0 Å². The SMILES string of the molecule is O=C(O)c1cccc(CN2CCCCCCCC2)c1. The quantitative estimate of drug-likeness (QED) is 0.904. The van der Waals surface area contributed by atoms with Gasteiger partial charge in [-0.25, -0.2) is 4.79 Å². The van der Waals surface area contributed by atoms with E-state index in [1.54, 1.807) is 12.1 Å². The molecule has 2 rings (SSSR count). The Labute approximate surface area is 115 Å². The van der Waals surface area contributed by atoms with Gasteiger partial charge in [0.05, 0.1) is 5.56 Å². The van der Waals surface area contributed by atoms with Gasteiger partial charge in [-0.1, -0.05) is 37.8 Å². The molecule has 0 atom stereocenters. The second-order valence-corrected chi connectivity index (χ2v) is 5.40. The highest BCUT2D eigenvalue weighted by molar-refractivity contribution is 5.87. The van der Waals surface area contributed by atoms with Gasteiger partial charge in [0.1, 0.15) is 0 Å². The molecule has 0 radical (unpaired) electrons. The monoisotopic (exact) mass is 261 g/mol. The van der Waals surface area contributed by atoms with E-state index < -0.39 is 5.97 Å². The number of nitrogens with zero attached hydrogens (tertiary/aromatic N) is 1. The van der Waals surface area contributed by atoms with Gasteiger partial charge in [-0.15, -0.1) is 0 Å². The Balaban J connectivity index is 1.97. The summed E-state index contributed by atoms with van der Waals surface area (Å²) in [5.74, 6) is -0.841. The zero-order valence-corrected chi connectivity index (χ0v) is 11.5. The minimum absolute atomic E-state index is 0.391. The maximum atomic E-state index is 11.0. The van der Waals surface area contributed by atoms with E-state index in [2.05, 4.69) is 4.90 Å². The molecular weight excluding hydrogens is 238 g/mol. The summed E-state index contributed by atoms with van der Waals surface area (Å²) in [4.78, 5) is 13.4. The van der Waals surface area contributed by atoms with E-state index in [4.69, 9.17) is 5.11 Å². The van der Waals surface area contributed by atoms with Crippen molar-refractivity contribution in [2.45, 2.75) is 45.1 Å². The molecule has 1 fully saturated rings. The number of carboxylic acids is 1. The van der Waals surface area contributed by atoms with Gasteiger partial charge >= 0.3 is 5.97 Å². The van der Waals surface area contributed by atoms with E-state index in [0.717, 1.165) is 25.2 Å². The second-order valence-electron chi connectivity index (χ2n) is 5.40. The highest BCUT2D eigenvalue weighted by Gasteiger charge is 2.09. The molecule has 104 valence electrons. The molecule has 1 heterocycles. The summed E-state index contributed by atoms with van der Waals surface area (Å²) >= 11 is 0. The Bertz CT molecular complexity index is 407. The van der Waals surface area contributed by atoms with Crippen LogP contribution in [-0.4, -0.2) is 29.1 Å². The summed E-state index contributed by atoms with van der Waals surface area (Å²) in [5.41, 5.74) is 1.50. The lowest BCUT2D eigenvalue weighted by molar-refractivity contribution is 0.0696. The average Bonchev–Trinajstić information content (AvgIpc) is 2.53. The van der Waals surface area contributed by atoms with Gasteiger partial charge in [-0.3, -0.25) is 4.90 Å². The Morgan fingerprint density at radius 2 is 1.68 bits per heavy atom. The van der Waals surface area contributed by atoms with Crippen molar-refractivity contribution in [3.8, 4) is 0 Å². The Hall–Kier alpha value is -1.35. The topological polar surface area (TPSA) is 40.5 Å². The molecule has 1 aromatic carbocycles. The third-order valence-corrected chi connectivity index (χ3v) is 3.78. The van der Waals surface area contributed by atoms with Crippen LogP contribution < -0.4 is 0 Å². The molecule has 1 saturated heterocycles. The van der Waals surface area contributed by atoms with E-state index in [1.807, 2.05) is 12.1 Å². The fraction of sp³-hybridized carbons (Fsp3) is 0.562. The highest BCUT2D eigenvalue weighted by atomic mass is 16.4. The summed E-state index contributed by atoms with van der Waals surface area (Å²) in [7, 11) is 0. The zero-order chi connectivity index (χ0) is 13.5. The second kappa shape index (κ2) is 7.29. The van der Waals surface area contributed by atoms with Crippen molar-refractivity contribution in [1.82, 2.24) is 4.90 Å². The number of rotatable bonds is 3. The van der Waals surface area contributed by atoms with Crippen LogP contribution in [0.4, 0.5) is 0 Å². The molecule has 1 aromatic rings. The molecule has 0 unspecified atom stereocenters. The maximum Gasteiger partial charge on any atom is 0.335 e. The van der Waals surface area contributed by atoms with Crippen LogP contribution in [-0.2, 0) is 6.54 Å². The first kappa shape index (κ1) is 14.1. The first-order valence-electron chi connectivity index (χ1n) is 7.30. The van der Waals surface area contributed by atoms with Crippen molar-refractivity contribution in [1.29, 1.82) is 0 Å². The predicted molar refractivity (Wildman–Crippen MR) is 76.4 cm³/mol. The standard InChI is InChI=1S/C16H23NO2/c18-16(19)15-9-7-8-14(12-15)13-17-10-5-3-1-2-4-6-11-17/h7-9,12H,1-6,10-11,13H2,(H,18,19). The summed E-state index contributed by atoms with van der Waals surface area (Å²) < 4.78 is 0. The molecule has 19 heavy (non-hydrogen) atoms. The smallest absolute Gasteiger partial charge is 0.335 e. The van der Waals surface area contributed by atoms with Gasteiger partial charge in [0.15, 0.2) is 0 Å². The molecule has 1 N–H and O–H groups in total. The number of carboxylic acid groups (broad SMARTS) is 1. The van der Waals surface area contributed by atoms with Gasteiger partial charge in [0.2, 0.25) is 0 Å². The zero-order valence-electron chi connectivity index (χ0n) is 11.5. The van der Waals surface area contributed by atoms with Crippen LogP contribution in [0.25, 0.3) is 0 Å². The number of aromatic carboxylic acids is 1. The van der Waals surface area contributed by atoms with Crippen LogP contribution in [0.1, 0.15) is 54.4 Å². The highest BCUT2D eigenvalue weighted by Crippen LogP contribution is 2.14. The Kier molecular flexibility index (Phi) is 5.40. The van der Waals surface area contributed by atoms with Crippen LogP contribution in [0.3, 0.4) is 0 Å². The van der Waals surface area contributed by atoms with Gasteiger partial charge in [0, 0.05) is 6.54 Å². The summed E-state index contributed by atoms with van der Waals surface area (Å²) in [5, 5.41) is 9.02. The number of benzene rings is 1. The van der Waals surface area contributed by atoms with Crippen molar-refractivity contribution in [2.24, 2.45) is 0 Å². The number of hydrogen-bond acceptors (Lipinski definition) is 2. The minimum Gasteiger partial charge on any atom is -0.478 e. The molecule has 0 spiro atoms. The molecule has 0 amide bonds. The average molecular weight is 261 g/mol. The molecular formula is C16H23NO2. The van der Waals surface area contributed by atoms with E-state index in [9.17, 15) is 4.79 Å². The molecule has 3 nitrogen and oxygen atoms in total. The lowest BCUT2D eigenvalue weighted by atomic mass is 10.1. The van der Waals surface area contributed by atoms with E-state index in [1.165, 1.54) is 38.5 Å². The van der Waals surface area contributed by atoms with Crippen LogP contribution in [0, 0.1) is 0 Å². The van der Waals surface area contributed by atoms with Gasteiger partial charge in [-0.05, 0) is 43.6 Å². The largest absolute Gasteiger partial charge is 0.478 e. The van der Waals surface area contributed by atoms with Crippen molar-refractivity contribution < 1.29 is 9.90 Å². The lowest BCUT2D eigenvalue weighted by Gasteiger charge is -2.21. The van der Waals surface area contributed by atoms with Crippen LogP contribution in [0.5, 0.6) is 0 Å². The third kappa shape index (κ3) is 4.67. The van der Waals surface area contributed by atoms with E-state index >= 15 is 0 Å². The molecule has 1 aliphatic heterocycles. The van der Waals surface area contributed by atoms with Crippen molar-refractivity contribution >= 4 is 5.97 Å². The van der Waals surface area contributed by atoms with Crippen LogP contribution >= 0.6 is 0 Å². The third-order valence-electron chi connectivity index (χ3n) is 3.78.